The Morgan fingerprint density at radius 1 is 1.55 bits per heavy atom. The maximum Gasteiger partial charge on any atom is 0.0926 e. The summed E-state index contributed by atoms with van der Waals surface area (Å²) in [6.45, 7) is 8.02. The van der Waals surface area contributed by atoms with Crippen LogP contribution in [-0.2, 0) is 16.0 Å². The third kappa shape index (κ3) is 3.79. The SMILES string of the molecule is CCOC(C)(CC)C(NN)c1c(Br)cnn1CCOC. The Bertz CT molecular complexity index is 413. The van der Waals surface area contributed by atoms with Gasteiger partial charge in [-0.2, -0.15) is 5.10 Å². The van der Waals surface area contributed by atoms with E-state index in [0.29, 0.717) is 19.8 Å². The molecule has 1 aromatic heterocycles. The number of methoxy groups -OCH3 is 1. The topological polar surface area (TPSA) is 74.3 Å². The largest absolute Gasteiger partial charge is 0.383 e. The highest BCUT2D eigenvalue weighted by Crippen LogP contribution is 2.35. The van der Waals surface area contributed by atoms with Gasteiger partial charge in [0.25, 0.3) is 0 Å². The van der Waals surface area contributed by atoms with Crippen molar-refractivity contribution in [2.24, 2.45) is 5.84 Å². The maximum atomic E-state index is 5.93. The van der Waals surface area contributed by atoms with Crippen LogP contribution < -0.4 is 11.3 Å². The van der Waals surface area contributed by atoms with Crippen molar-refractivity contribution in [1.82, 2.24) is 15.2 Å². The van der Waals surface area contributed by atoms with Crippen LogP contribution in [0.15, 0.2) is 10.7 Å². The lowest BCUT2D eigenvalue weighted by Gasteiger charge is -2.36. The summed E-state index contributed by atoms with van der Waals surface area (Å²) in [4.78, 5) is 0. The van der Waals surface area contributed by atoms with E-state index in [4.69, 9.17) is 15.3 Å². The summed E-state index contributed by atoms with van der Waals surface area (Å²) in [7, 11) is 1.67. The minimum atomic E-state index is -0.406. The molecule has 7 heteroatoms. The van der Waals surface area contributed by atoms with Crippen LogP contribution in [0.2, 0.25) is 0 Å². The zero-order chi connectivity index (χ0) is 15.2. The summed E-state index contributed by atoms with van der Waals surface area (Å²) < 4.78 is 13.9. The van der Waals surface area contributed by atoms with Gasteiger partial charge in [-0.3, -0.25) is 10.5 Å². The average Bonchev–Trinajstić information content (AvgIpc) is 2.79. The number of hydrazine groups is 1. The molecule has 1 rings (SSSR count). The summed E-state index contributed by atoms with van der Waals surface area (Å²) in [5.74, 6) is 5.80. The predicted molar refractivity (Wildman–Crippen MR) is 82.2 cm³/mol. The van der Waals surface area contributed by atoms with Crippen molar-refractivity contribution in [2.75, 3.05) is 20.3 Å². The van der Waals surface area contributed by atoms with E-state index in [1.807, 2.05) is 11.6 Å². The number of halogens is 1. The molecule has 0 spiro atoms. The monoisotopic (exact) mass is 348 g/mol. The molecule has 1 heterocycles. The Morgan fingerprint density at radius 3 is 2.75 bits per heavy atom. The fourth-order valence-electron chi connectivity index (χ4n) is 2.28. The van der Waals surface area contributed by atoms with Crippen molar-refractivity contribution in [3.63, 3.8) is 0 Å². The van der Waals surface area contributed by atoms with Crippen LogP contribution >= 0.6 is 15.9 Å². The number of nitrogens with zero attached hydrogens (tertiary/aromatic N) is 2. The van der Waals surface area contributed by atoms with Crippen molar-refractivity contribution in [3.8, 4) is 0 Å². The predicted octanol–water partition coefficient (Wildman–Crippen LogP) is 2.00. The number of ether oxygens (including phenoxy) is 2. The molecule has 0 aliphatic rings. The minimum Gasteiger partial charge on any atom is -0.383 e. The van der Waals surface area contributed by atoms with E-state index < -0.39 is 5.60 Å². The molecule has 20 heavy (non-hydrogen) atoms. The quantitative estimate of drug-likeness (QED) is 0.527. The summed E-state index contributed by atoms with van der Waals surface area (Å²) in [5.41, 5.74) is 3.45. The molecule has 2 atom stereocenters. The number of rotatable bonds is 9. The standard InChI is InChI=1S/C13H25BrN4O2/c1-5-13(3,20-6-2)12(17-15)11-10(14)9-16-18(11)7-8-19-4/h9,12,17H,5-8,15H2,1-4H3. The van der Waals surface area contributed by atoms with Gasteiger partial charge in [0.2, 0.25) is 0 Å². The zero-order valence-electron chi connectivity index (χ0n) is 12.6. The van der Waals surface area contributed by atoms with E-state index in [1.165, 1.54) is 0 Å². The molecule has 2 unspecified atom stereocenters. The summed E-state index contributed by atoms with van der Waals surface area (Å²) >= 11 is 3.55. The second kappa shape index (κ2) is 8.09. The van der Waals surface area contributed by atoms with Gasteiger partial charge in [0, 0.05) is 13.7 Å². The van der Waals surface area contributed by atoms with Crippen molar-refractivity contribution >= 4 is 15.9 Å². The molecule has 0 saturated carbocycles. The van der Waals surface area contributed by atoms with Crippen LogP contribution in [-0.4, -0.2) is 35.7 Å². The minimum absolute atomic E-state index is 0.166. The summed E-state index contributed by atoms with van der Waals surface area (Å²) in [6.07, 6.45) is 2.61. The first kappa shape index (κ1) is 17.6. The molecular formula is C13H25BrN4O2. The van der Waals surface area contributed by atoms with Gasteiger partial charge in [0.1, 0.15) is 0 Å². The van der Waals surface area contributed by atoms with E-state index >= 15 is 0 Å². The molecule has 0 aliphatic carbocycles. The Morgan fingerprint density at radius 2 is 2.25 bits per heavy atom. The van der Waals surface area contributed by atoms with Crippen LogP contribution in [0.5, 0.6) is 0 Å². The molecule has 116 valence electrons. The summed E-state index contributed by atoms with van der Waals surface area (Å²) in [5, 5.41) is 4.37. The molecule has 1 aromatic rings. The van der Waals surface area contributed by atoms with Crippen molar-refractivity contribution in [2.45, 2.75) is 45.4 Å². The Hall–Kier alpha value is -0.470. The average molecular weight is 349 g/mol. The molecule has 0 aromatic carbocycles. The third-order valence-electron chi connectivity index (χ3n) is 3.57. The van der Waals surface area contributed by atoms with Gasteiger partial charge in [-0.05, 0) is 36.2 Å². The van der Waals surface area contributed by atoms with Gasteiger partial charge >= 0.3 is 0 Å². The van der Waals surface area contributed by atoms with Gasteiger partial charge in [-0.15, -0.1) is 0 Å². The molecule has 0 saturated heterocycles. The molecular weight excluding hydrogens is 324 g/mol. The Kier molecular flexibility index (Phi) is 7.11. The van der Waals surface area contributed by atoms with Gasteiger partial charge in [0.15, 0.2) is 0 Å². The normalized spacial score (nSPS) is 16.1. The lowest BCUT2D eigenvalue weighted by molar-refractivity contribution is -0.0586. The lowest BCUT2D eigenvalue weighted by atomic mass is 9.91. The number of nitrogens with two attached hydrogens (primary N) is 1. The zero-order valence-corrected chi connectivity index (χ0v) is 14.2. The van der Waals surface area contributed by atoms with Crippen molar-refractivity contribution in [3.05, 3.63) is 16.4 Å². The molecule has 0 bridgehead atoms. The Labute approximate surface area is 129 Å². The molecule has 0 radical (unpaired) electrons. The highest BCUT2D eigenvalue weighted by molar-refractivity contribution is 9.10. The highest BCUT2D eigenvalue weighted by atomic mass is 79.9. The van der Waals surface area contributed by atoms with Crippen LogP contribution in [0.1, 0.15) is 38.9 Å². The maximum absolute atomic E-state index is 5.93. The molecule has 3 N–H and O–H groups in total. The smallest absolute Gasteiger partial charge is 0.0926 e. The van der Waals surface area contributed by atoms with Crippen molar-refractivity contribution in [1.29, 1.82) is 0 Å². The molecule has 0 amide bonds. The molecule has 6 nitrogen and oxygen atoms in total. The fourth-order valence-corrected chi connectivity index (χ4v) is 2.80. The Balaban J connectivity index is 3.13. The lowest BCUT2D eigenvalue weighted by Crippen LogP contribution is -2.47. The second-order valence-corrected chi connectivity index (χ2v) is 5.65. The highest BCUT2D eigenvalue weighted by Gasteiger charge is 2.37. The van der Waals surface area contributed by atoms with Gasteiger partial charge in [-0.1, -0.05) is 6.92 Å². The van der Waals surface area contributed by atoms with E-state index in [9.17, 15) is 0 Å². The molecule has 0 fully saturated rings. The van der Waals surface area contributed by atoms with Crippen LogP contribution in [0.3, 0.4) is 0 Å². The van der Waals surface area contributed by atoms with Gasteiger partial charge in [0.05, 0.1) is 41.2 Å². The van der Waals surface area contributed by atoms with Gasteiger partial charge in [-0.25, -0.2) is 5.43 Å². The van der Waals surface area contributed by atoms with E-state index in [-0.39, 0.29) is 6.04 Å². The third-order valence-corrected chi connectivity index (χ3v) is 4.18. The number of hydrogen-bond donors (Lipinski definition) is 2. The van der Waals surface area contributed by atoms with E-state index in [2.05, 4.69) is 40.3 Å². The fraction of sp³-hybridized carbons (Fsp3) is 0.769. The first-order valence-corrected chi connectivity index (χ1v) is 7.63. The van der Waals surface area contributed by atoms with Gasteiger partial charge < -0.3 is 9.47 Å². The van der Waals surface area contributed by atoms with E-state index in [1.54, 1.807) is 13.3 Å². The second-order valence-electron chi connectivity index (χ2n) is 4.79. The number of hydrogen-bond acceptors (Lipinski definition) is 5. The van der Waals surface area contributed by atoms with Crippen LogP contribution in [0.4, 0.5) is 0 Å². The van der Waals surface area contributed by atoms with Crippen LogP contribution in [0, 0.1) is 0 Å². The van der Waals surface area contributed by atoms with Crippen LogP contribution in [0.25, 0.3) is 0 Å². The number of nitrogens with one attached hydrogen (secondary N) is 1. The molecule has 0 aliphatic heterocycles. The van der Waals surface area contributed by atoms with Crippen molar-refractivity contribution < 1.29 is 9.47 Å². The first-order chi connectivity index (χ1) is 9.53. The first-order valence-electron chi connectivity index (χ1n) is 6.84. The van der Waals surface area contributed by atoms with E-state index in [0.717, 1.165) is 16.6 Å². The summed E-state index contributed by atoms with van der Waals surface area (Å²) in [6, 6.07) is -0.166. The number of aromatic nitrogens is 2.